The molecular weight excluding hydrogens is 404 g/mol. The Kier molecular flexibility index (Phi) is 5.85. The van der Waals surface area contributed by atoms with Crippen molar-refractivity contribution in [3.63, 3.8) is 0 Å². The standard InChI is InChI=1S/C25H30N4O3/c1-3-27-10-12-28(13-11-27)16-25(30)29-22(20-8-9-23-24(14-20)32-17-31-23)15-21(26-29)19-6-4-18(2)5-7-19/h4-9,14,22H,3,10-13,15-17H2,1-2H3. The minimum atomic E-state index is -0.148. The van der Waals surface area contributed by atoms with Crippen LogP contribution in [0.4, 0.5) is 0 Å². The van der Waals surface area contributed by atoms with Gasteiger partial charge >= 0.3 is 0 Å². The molecule has 0 bridgehead atoms. The van der Waals surface area contributed by atoms with E-state index in [9.17, 15) is 4.79 Å². The summed E-state index contributed by atoms with van der Waals surface area (Å²) in [6.45, 7) is 9.79. The summed E-state index contributed by atoms with van der Waals surface area (Å²) in [6, 6.07) is 14.1. The van der Waals surface area contributed by atoms with Gasteiger partial charge in [-0.2, -0.15) is 5.10 Å². The predicted octanol–water partition coefficient (Wildman–Crippen LogP) is 3.04. The van der Waals surface area contributed by atoms with Gasteiger partial charge in [0, 0.05) is 32.6 Å². The number of rotatable bonds is 5. The van der Waals surface area contributed by atoms with E-state index in [1.807, 2.05) is 18.2 Å². The van der Waals surface area contributed by atoms with E-state index in [4.69, 9.17) is 14.6 Å². The van der Waals surface area contributed by atoms with Gasteiger partial charge < -0.3 is 14.4 Å². The summed E-state index contributed by atoms with van der Waals surface area (Å²) in [5.41, 5.74) is 4.23. The predicted molar refractivity (Wildman–Crippen MR) is 123 cm³/mol. The second-order valence-corrected chi connectivity index (χ2v) is 8.69. The third-order valence-corrected chi connectivity index (χ3v) is 6.60. The van der Waals surface area contributed by atoms with Crippen molar-refractivity contribution in [1.29, 1.82) is 0 Å². The summed E-state index contributed by atoms with van der Waals surface area (Å²) in [5.74, 6) is 1.52. The highest BCUT2D eigenvalue weighted by Crippen LogP contribution is 2.39. The summed E-state index contributed by atoms with van der Waals surface area (Å²) in [5, 5.41) is 6.52. The van der Waals surface area contributed by atoms with Crippen molar-refractivity contribution in [2.24, 2.45) is 5.10 Å². The SMILES string of the molecule is CCN1CCN(CC(=O)N2N=C(c3ccc(C)cc3)CC2c2ccc3c(c2)OCO3)CC1. The monoisotopic (exact) mass is 434 g/mol. The lowest BCUT2D eigenvalue weighted by molar-refractivity contribution is -0.134. The molecule has 7 heteroatoms. The zero-order chi connectivity index (χ0) is 22.1. The van der Waals surface area contributed by atoms with Crippen molar-refractivity contribution >= 4 is 11.6 Å². The van der Waals surface area contributed by atoms with Gasteiger partial charge in [-0.15, -0.1) is 0 Å². The molecule has 1 amide bonds. The fourth-order valence-corrected chi connectivity index (χ4v) is 4.57. The second-order valence-electron chi connectivity index (χ2n) is 8.69. The fourth-order valence-electron chi connectivity index (χ4n) is 4.57. The maximum Gasteiger partial charge on any atom is 0.257 e. The summed E-state index contributed by atoms with van der Waals surface area (Å²) < 4.78 is 11.1. The molecule has 1 saturated heterocycles. The van der Waals surface area contributed by atoms with E-state index in [2.05, 4.69) is 47.9 Å². The summed E-state index contributed by atoms with van der Waals surface area (Å²) >= 11 is 0. The molecular formula is C25H30N4O3. The van der Waals surface area contributed by atoms with E-state index in [0.717, 1.165) is 61.1 Å². The average molecular weight is 435 g/mol. The van der Waals surface area contributed by atoms with Crippen LogP contribution in [0.1, 0.15) is 36.1 Å². The number of carbonyl (C=O) groups excluding carboxylic acids is 1. The number of likely N-dealkylation sites (N-methyl/N-ethyl adjacent to an activating group) is 1. The van der Waals surface area contributed by atoms with Gasteiger partial charge in [-0.05, 0) is 36.7 Å². The number of nitrogens with zero attached hydrogens (tertiary/aromatic N) is 4. The topological polar surface area (TPSA) is 57.6 Å². The first-order valence-electron chi connectivity index (χ1n) is 11.4. The molecule has 3 heterocycles. The van der Waals surface area contributed by atoms with Gasteiger partial charge in [0.2, 0.25) is 6.79 Å². The highest BCUT2D eigenvalue weighted by atomic mass is 16.7. The number of piperazine rings is 1. The molecule has 1 atom stereocenters. The van der Waals surface area contributed by atoms with Crippen LogP contribution in [0.3, 0.4) is 0 Å². The molecule has 0 radical (unpaired) electrons. The number of hydrazone groups is 1. The van der Waals surface area contributed by atoms with E-state index < -0.39 is 0 Å². The van der Waals surface area contributed by atoms with Gasteiger partial charge in [0.05, 0.1) is 18.3 Å². The number of amides is 1. The molecule has 0 aromatic heterocycles. The summed E-state index contributed by atoms with van der Waals surface area (Å²) in [6.07, 6.45) is 0.679. The van der Waals surface area contributed by atoms with Crippen LogP contribution in [-0.4, -0.2) is 72.5 Å². The molecule has 3 aliphatic rings. The van der Waals surface area contributed by atoms with Crippen LogP contribution in [0.5, 0.6) is 11.5 Å². The first-order chi connectivity index (χ1) is 15.6. The molecule has 32 heavy (non-hydrogen) atoms. The molecule has 1 fully saturated rings. The number of benzene rings is 2. The Labute approximate surface area is 189 Å². The lowest BCUT2D eigenvalue weighted by Gasteiger charge is -2.34. The zero-order valence-electron chi connectivity index (χ0n) is 18.8. The zero-order valence-corrected chi connectivity index (χ0v) is 18.8. The van der Waals surface area contributed by atoms with Gasteiger partial charge in [-0.3, -0.25) is 9.69 Å². The lowest BCUT2D eigenvalue weighted by atomic mass is 9.97. The van der Waals surface area contributed by atoms with E-state index in [1.54, 1.807) is 5.01 Å². The van der Waals surface area contributed by atoms with E-state index in [-0.39, 0.29) is 18.7 Å². The van der Waals surface area contributed by atoms with Crippen LogP contribution in [0.15, 0.2) is 47.6 Å². The number of carbonyl (C=O) groups is 1. The van der Waals surface area contributed by atoms with Gasteiger partial charge in [0.1, 0.15) is 0 Å². The normalized spacial score (nSPS) is 21.1. The Hall–Kier alpha value is -2.90. The molecule has 0 spiro atoms. The molecule has 2 aromatic rings. The fraction of sp³-hybridized carbons (Fsp3) is 0.440. The highest BCUT2D eigenvalue weighted by Gasteiger charge is 2.35. The Balaban J connectivity index is 1.39. The van der Waals surface area contributed by atoms with Crippen LogP contribution in [0, 0.1) is 6.92 Å². The molecule has 168 valence electrons. The first kappa shape index (κ1) is 21.0. The van der Waals surface area contributed by atoms with E-state index in [0.29, 0.717) is 13.0 Å². The Morgan fingerprint density at radius 2 is 1.72 bits per heavy atom. The van der Waals surface area contributed by atoms with E-state index in [1.165, 1.54) is 5.56 Å². The highest BCUT2D eigenvalue weighted by molar-refractivity contribution is 6.03. The minimum Gasteiger partial charge on any atom is -0.454 e. The maximum atomic E-state index is 13.4. The van der Waals surface area contributed by atoms with Gasteiger partial charge in [0.25, 0.3) is 5.91 Å². The van der Waals surface area contributed by atoms with Crippen LogP contribution < -0.4 is 9.47 Å². The average Bonchev–Trinajstić information content (AvgIpc) is 3.47. The van der Waals surface area contributed by atoms with Crippen molar-refractivity contribution in [1.82, 2.24) is 14.8 Å². The van der Waals surface area contributed by atoms with Crippen molar-refractivity contribution in [2.45, 2.75) is 26.3 Å². The second kappa shape index (κ2) is 8.92. The largest absolute Gasteiger partial charge is 0.454 e. The molecule has 0 N–H and O–H groups in total. The van der Waals surface area contributed by atoms with E-state index >= 15 is 0 Å². The first-order valence-corrected chi connectivity index (χ1v) is 11.4. The van der Waals surface area contributed by atoms with Gasteiger partial charge in [0.15, 0.2) is 11.5 Å². The molecule has 3 aliphatic heterocycles. The Morgan fingerprint density at radius 1 is 1.00 bits per heavy atom. The van der Waals surface area contributed by atoms with Crippen molar-refractivity contribution < 1.29 is 14.3 Å². The summed E-state index contributed by atoms with van der Waals surface area (Å²) in [7, 11) is 0. The Bertz CT molecular complexity index is 1010. The van der Waals surface area contributed by atoms with Crippen LogP contribution in [0.25, 0.3) is 0 Å². The summed E-state index contributed by atoms with van der Waals surface area (Å²) in [4.78, 5) is 18.1. The smallest absolute Gasteiger partial charge is 0.257 e. The Morgan fingerprint density at radius 3 is 2.47 bits per heavy atom. The number of aryl methyl sites for hydroxylation is 1. The lowest BCUT2D eigenvalue weighted by Crippen LogP contribution is -2.49. The van der Waals surface area contributed by atoms with Crippen molar-refractivity contribution in [2.75, 3.05) is 46.1 Å². The van der Waals surface area contributed by atoms with Crippen molar-refractivity contribution in [3.05, 3.63) is 59.2 Å². The number of hydrogen-bond donors (Lipinski definition) is 0. The molecule has 0 saturated carbocycles. The minimum absolute atomic E-state index is 0.0414. The third-order valence-electron chi connectivity index (χ3n) is 6.60. The molecule has 5 rings (SSSR count). The van der Waals surface area contributed by atoms with Gasteiger partial charge in [-0.1, -0.05) is 42.8 Å². The number of ether oxygens (including phenoxy) is 2. The molecule has 0 aliphatic carbocycles. The van der Waals surface area contributed by atoms with Crippen LogP contribution >= 0.6 is 0 Å². The van der Waals surface area contributed by atoms with Crippen molar-refractivity contribution in [3.8, 4) is 11.5 Å². The molecule has 7 nitrogen and oxygen atoms in total. The van der Waals surface area contributed by atoms with Crippen LogP contribution in [0.2, 0.25) is 0 Å². The van der Waals surface area contributed by atoms with Crippen LogP contribution in [-0.2, 0) is 4.79 Å². The molecule has 2 aromatic carbocycles. The third kappa shape index (κ3) is 4.23. The van der Waals surface area contributed by atoms with Gasteiger partial charge in [-0.25, -0.2) is 5.01 Å². The maximum absolute atomic E-state index is 13.4. The molecule has 1 unspecified atom stereocenters. The quantitative estimate of drug-likeness (QED) is 0.724. The number of hydrogen-bond acceptors (Lipinski definition) is 6. The number of fused-ring (bicyclic) bond motifs is 1.